The van der Waals surface area contributed by atoms with Crippen LogP contribution in [0.3, 0.4) is 0 Å². The van der Waals surface area contributed by atoms with Crippen molar-refractivity contribution < 1.29 is 34.2 Å². The second-order valence-corrected chi connectivity index (χ2v) is 11.7. The van der Waals surface area contributed by atoms with E-state index in [-0.39, 0.29) is 17.0 Å². The molecule has 0 aliphatic heterocycles. The number of carboxylic acid groups (broad SMARTS) is 2. The maximum atomic E-state index is 13.2. The zero-order valence-electron chi connectivity index (χ0n) is 22.5. The van der Waals surface area contributed by atoms with Crippen LogP contribution in [0, 0.1) is 16.7 Å². The molecular weight excluding hydrogens is 561 g/mol. The van der Waals surface area contributed by atoms with Crippen molar-refractivity contribution in [2.75, 3.05) is 11.9 Å². The first-order valence-corrected chi connectivity index (χ1v) is 13.6. The molecule has 0 radical (unpaired) electrons. The van der Waals surface area contributed by atoms with E-state index in [0.717, 1.165) is 0 Å². The summed E-state index contributed by atoms with van der Waals surface area (Å²) >= 11 is 12.3. The van der Waals surface area contributed by atoms with Crippen LogP contribution in [0.15, 0.2) is 46.0 Å². The number of rotatable bonds is 10. The molecular formula is C28H33Cl2N3O7. The zero-order valence-corrected chi connectivity index (χ0v) is 24.0. The first-order valence-electron chi connectivity index (χ1n) is 12.9. The normalized spacial score (nSPS) is 22.6. The van der Waals surface area contributed by atoms with E-state index in [9.17, 15) is 29.1 Å². The van der Waals surface area contributed by atoms with E-state index in [4.69, 9.17) is 28.3 Å². The number of halogens is 2. The topological polar surface area (TPSA) is 162 Å². The summed E-state index contributed by atoms with van der Waals surface area (Å²) < 4.78 is 0. The molecule has 3 amide bonds. The third-order valence-corrected chi connectivity index (χ3v) is 8.86. The highest BCUT2D eigenvalue weighted by atomic mass is 35.5. The Morgan fingerprint density at radius 3 is 2.27 bits per heavy atom. The molecule has 2 aliphatic rings. The molecule has 0 aromatic heterocycles. The maximum Gasteiger partial charge on any atom is 0.326 e. The smallest absolute Gasteiger partial charge is 0.326 e. The SMILES string of the molecule is CC1(C)[C@@H](C(=O)N[C@@H](Cc2ccc(NC(=O)C3=C(Cl)CCC=C3Cl)cc2)C(=O)O)CC[C@@]1(C)C(=O)NCC(=O)O. The van der Waals surface area contributed by atoms with Crippen LogP contribution in [0.1, 0.15) is 52.0 Å². The van der Waals surface area contributed by atoms with Crippen molar-refractivity contribution in [1.29, 1.82) is 0 Å². The van der Waals surface area contributed by atoms with Gasteiger partial charge in [0.2, 0.25) is 11.8 Å². The fourth-order valence-electron chi connectivity index (χ4n) is 5.26. The summed E-state index contributed by atoms with van der Waals surface area (Å²) in [4.78, 5) is 61.6. The van der Waals surface area contributed by atoms with Gasteiger partial charge in [-0.15, -0.1) is 0 Å². The minimum Gasteiger partial charge on any atom is -0.480 e. The van der Waals surface area contributed by atoms with Gasteiger partial charge in [-0.05, 0) is 48.8 Å². The van der Waals surface area contributed by atoms with Crippen LogP contribution >= 0.6 is 23.2 Å². The Morgan fingerprint density at radius 1 is 1.05 bits per heavy atom. The number of nitrogens with one attached hydrogen (secondary N) is 3. The largest absolute Gasteiger partial charge is 0.480 e. The lowest BCUT2D eigenvalue weighted by Gasteiger charge is -2.40. The molecule has 0 saturated heterocycles. The number of hydrogen-bond donors (Lipinski definition) is 5. The molecule has 0 bridgehead atoms. The molecule has 0 heterocycles. The van der Waals surface area contributed by atoms with Gasteiger partial charge < -0.3 is 26.2 Å². The van der Waals surface area contributed by atoms with E-state index in [1.807, 2.05) is 0 Å². The first-order chi connectivity index (χ1) is 18.7. The summed E-state index contributed by atoms with van der Waals surface area (Å²) in [6.45, 7) is 4.68. The van der Waals surface area contributed by atoms with Crippen LogP contribution in [0.25, 0.3) is 0 Å². The molecule has 40 heavy (non-hydrogen) atoms. The molecule has 12 heteroatoms. The Labute approximate surface area is 242 Å². The predicted octanol–water partition coefficient (Wildman–Crippen LogP) is 3.79. The summed E-state index contributed by atoms with van der Waals surface area (Å²) in [6, 6.07) is 5.30. The Hall–Kier alpha value is -3.37. The van der Waals surface area contributed by atoms with Crippen LogP contribution in [0.4, 0.5) is 5.69 Å². The van der Waals surface area contributed by atoms with Gasteiger partial charge in [0.1, 0.15) is 12.6 Å². The summed E-state index contributed by atoms with van der Waals surface area (Å²) in [5.74, 6) is -4.44. The van der Waals surface area contributed by atoms with Gasteiger partial charge in [0.15, 0.2) is 0 Å². The summed E-state index contributed by atoms with van der Waals surface area (Å²) in [5.41, 5.74) is -0.580. The Morgan fingerprint density at radius 2 is 1.70 bits per heavy atom. The molecule has 1 aromatic rings. The maximum absolute atomic E-state index is 13.2. The first kappa shape index (κ1) is 31.2. The van der Waals surface area contributed by atoms with Crippen LogP contribution in [0.5, 0.6) is 0 Å². The quantitative estimate of drug-likeness (QED) is 0.275. The van der Waals surface area contributed by atoms with E-state index in [0.29, 0.717) is 42.0 Å². The Balaban J connectivity index is 1.65. The van der Waals surface area contributed by atoms with E-state index < -0.39 is 59.0 Å². The summed E-state index contributed by atoms with van der Waals surface area (Å²) in [5, 5.41) is 27.1. The number of hydrogen-bond acceptors (Lipinski definition) is 5. The van der Waals surface area contributed by atoms with Gasteiger partial charge in [-0.2, -0.15) is 0 Å². The van der Waals surface area contributed by atoms with Crippen LogP contribution in [-0.2, 0) is 30.4 Å². The van der Waals surface area contributed by atoms with Crippen molar-refractivity contribution in [3.05, 3.63) is 51.5 Å². The Bertz CT molecular complexity index is 1270. The zero-order chi connectivity index (χ0) is 29.8. The number of carboxylic acids is 2. The number of carbonyl (C=O) groups excluding carboxylic acids is 3. The average Bonchev–Trinajstić information content (AvgIpc) is 3.12. The number of allylic oxidation sites excluding steroid dienone is 2. The highest BCUT2D eigenvalue weighted by molar-refractivity contribution is 6.40. The third-order valence-electron chi connectivity index (χ3n) is 8.13. The summed E-state index contributed by atoms with van der Waals surface area (Å²) in [7, 11) is 0. The molecule has 3 rings (SSSR count). The predicted molar refractivity (Wildman–Crippen MR) is 150 cm³/mol. The van der Waals surface area contributed by atoms with Crippen molar-refractivity contribution in [2.45, 2.75) is 58.9 Å². The monoisotopic (exact) mass is 593 g/mol. The molecule has 5 N–H and O–H groups in total. The van der Waals surface area contributed by atoms with Crippen LogP contribution < -0.4 is 16.0 Å². The van der Waals surface area contributed by atoms with Crippen molar-refractivity contribution in [1.82, 2.24) is 10.6 Å². The lowest BCUT2D eigenvalue weighted by atomic mass is 9.65. The molecule has 216 valence electrons. The molecule has 3 atom stereocenters. The van der Waals surface area contributed by atoms with E-state index >= 15 is 0 Å². The molecule has 10 nitrogen and oxygen atoms in total. The lowest BCUT2D eigenvalue weighted by molar-refractivity contribution is -0.145. The minimum absolute atomic E-state index is 0.00956. The summed E-state index contributed by atoms with van der Waals surface area (Å²) in [6.07, 6.45) is 3.59. The van der Waals surface area contributed by atoms with Crippen LogP contribution in [0.2, 0.25) is 0 Å². The van der Waals surface area contributed by atoms with Crippen molar-refractivity contribution in [2.24, 2.45) is 16.7 Å². The van der Waals surface area contributed by atoms with Gasteiger partial charge in [-0.1, -0.05) is 62.2 Å². The second-order valence-electron chi connectivity index (χ2n) is 10.8. The minimum atomic E-state index is -1.23. The number of carbonyl (C=O) groups is 5. The highest BCUT2D eigenvalue weighted by Gasteiger charge is 2.58. The number of aliphatic carboxylic acids is 2. The molecule has 0 unspecified atom stereocenters. The molecule has 2 aliphatic carbocycles. The van der Waals surface area contributed by atoms with E-state index in [1.54, 1.807) is 51.1 Å². The average molecular weight is 594 g/mol. The molecule has 0 spiro atoms. The van der Waals surface area contributed by atoms with Gasteiger partial charge in [0, 0.05) is 23.1 Å². The van der Waals surface area contributed by atoms with Crippen molar-refractivity contribution >= 4 is 58.5 Å². The standard InChI is InChI=1S/C28H33Cl2N3O7/c1-27(2)17(11-12-28(27,3)26(40)31-14-21(34)35)23(36)33-20(25(38)39)13-15-7-9-16(10-8-15)32-24(37)22-18(29)5-4-6-19(22)30/h5,7-10,17,20H,4,6,11-14H2,1-3H3,(H,31,40)(H,32,37)(H,33,36)(H,34,35)(H,38,39)/t17-,20+,28+/m1/s1. The van der Waals surface area contributed by atoms with Gasteiger partial charge in [-0.25, -0.2) is 4.79 Å². The Kier molecular flexibility index (Phi) is 9.68. The van der Waals surface area contributed by atoms with Crippen molar-refractivity contribution in [3.8, 4) is 0 Å². The van der Waals surface area contributed by atoms with Gasteiger partial charge in [0.25, 0.3) is 5.91 Å². The number of anilines is 1. The van der Waals surface area contributed by atoms with Gasteiger partial charge in [-0.3, -0.25) is 19.2 Å². The molecule has 1 aromatic carbocycles. The highest BCUT2D eigenvalue weighted by Crippen LogP contribution is 2.56. The number of amides is 3. The van der Waals surface area contributed by atoms with E-state index in [2.05, 4.69) is 16.0 Å². The van der Waals surface area contributed by atoms with Gasteiger partial charge >= 0.3 is 11.9 Å². The molecule has 1 fully saturated rings. The van der Waals surface area contributed by atoms with E-state index in [1.165, 1.54) is 0 Å². The fourth-order valence-corrected chi connectivity index (χ4v) is 5.91. The van der Waals surface area contributed by atoms with Gasteiger partial charge in [0.05, 0.1) is 16.0 Å². The third kappa shape index (κ3) is 6.67. The fraction of sp³-hybridized carbons (Fsp3) is 0.464. The molecule has 1 saturated carbocycles. The van der Waals surface area contributed by atoms with Crippen molar-refractivity contribution in [3.63, 3.8) is 0 Å². The lowest BCUT2D eigenvalue weighted by Crippen LogP contribution is -2.52. The second kappa shape index (κ2) is 12.4. The van der Waals surface area contributed by atoms with Crippen LogP contribution in [-0.4, -0.2) is 52.5 Å². The number of benzene rings is 1.